The van der Waals surface area contributed by atoms with Crippen molar-refractivity contribution >= 4 is 56.7 Å². The van der Waals surface area contributed by atoms with Crippen molar-refractivity contribution in [3.8, 4) is 5.88 Å². The van der Waals surface area contributed by atoms with Gasteiger partial charge in [0, 0.05) is 42.2 Å². The Morgan fingerprint density at radius 1 is 0.946 bits per heavy atom. The van der Waals surface area contributed by atoms with Gasteiger partial charge in [0.15, 0.2) is 27.8 Å². The molecule has 1 fully saturated rings. The molecule has 1 saturated heterocycles. The van der Waals surface area contributed by atoms with E-state index in [1.54, 1.807) is 42.7 Å². The zero-order valence-electron chi connectivity index (χ0n) is 33.8. The molecule has 56 heavy (non-hydrogen) atoms. The summed E-state index contributed by atoms with van der Waals surface area (Å²) in [5.74, 6) is -0.932. The fourth-order valence-corrected chi connectivity index (χ4v) is 8.43. The first-order chi connectivity index (χ1) is 26.1. The maximum Gasteiger partial charge on any atom is 0.269 e. The molecule has 1 N–H and O–H groups in total. The van der Waals surface area contributed by atoms with Crippen molar-refractivity contribution in [3.05, 3.63) is 87.7 Å². The van der Waals surface area contributed by atoms with E-state index in [2.05, 4.69) is 78.0 Å². The molecule has 0 unspecified atom stereocenters. The third kappa shape index (κ3) is 8.53. The molecular weight excluding hydrogens is 749 g/mol. The number of nitro benzene ring substituents is 1. The molecule has 2 aromatic heterocycles. The smallest absolute Gasteiger partial charge is 0.269 e. The number of hydrogen-bond donors (Lipinski definition) is 1. The number of Topliss-reactive ketones (excluding diaryl/α,β-unsaturated/α-hetero) is 1. The van der Waals surface area contributed by atoms with Crippen LogP contribution in [0.1, 0.15) is 75.7 Å². The SMILES string of the molecule is CC(C)(C)[Si](C)(C)OC[C@H]1O[C@@H](n2cnc3c(OCCc4ccc([N+](=O)[O-])cc4)nc(NC4=CC(=O)C(=O)c5ccccc54)nc32)C[C@@H]1O[Si](C)(C)C(C)(C)C. The molecule has 0 saturated carbocycles. The van der Waals surface area contributed by atoms with E-state index in [1.165, 1.54) is 18.2 Å². The Bertz CT molecular complexity index is 2170. The molecule has 0 amide bonds. The number of benzene rings is 2. The number of hydrogen-bond acceptors (Lipinski definition) is 12. The van der Waals surface area contributed by atoms with Crippen molar-refractivity contribution in [1.29, 1.82) is 0 Å². The number of imidazole rings is 1. The number of carbonyl (C=O) groups excluding carboxylic acids is 2. The van der Waals surface area contributed by atoms with E-state index in [0.29, 0.717) is 41.9 Å². The second kappa shape index (κ2) is 15.4. The van der Waals surface area contributed by atoms with Crippen LogP contribution in [0.2, 0.25) is 36.3 Å². The predicted octanol–water partition coefficient (Wildman–Crippen LogP) is 8.27. The minimum absolute atomic E-state index is 0.00656. The number of carbonyl (C=O) groups is 2. The van der Waals surface area contributed by atoms with Crippen molar-refractivity contribution in [2.24, 2.45) is 0 Å². The second-order valence-corrected chi connectivity index (χ2v) is 27.0. The Kier molecular flexibility index (Phi) is 11.3. The predicted molar refractivity (Wildman–Crippen MR) is 219 cm³/mol. The summed E-state index contributed by atoms with van der Waals surface area (Å²) in [6, 6.07) is 13.2. The van der Waals surface area contributed by atoms with Gasteiger partial charge in [0.2, 0.25) is 23.4 Å². The van der Waals surface area contributed by atoms with Gasteiger partial charge in [-0.15, -0.1) is 0 Å². The van der Waals surface area contributed by atoms with E-state index in [4.69, 9.17) is 28.3 Å². The van der Waals surface area contributed by atoms with Crippen molar-refractivity contribution in [2.45, 2.75) is 109 Å². The molecule has 298 valence electrons. The summed E-state index contributed by atoms with van der Waals surface area (Å²) in [6.07, 6.45) is 2.79. The quantitative estimate of drug-likeness (QED) is 0.0595. The highest BCUT2D eigenvalue weighted by Crippen LogP contribution is 2.43. The molecule has 3 atom stereocenters. The minimum atomic E-state index is -2.22. The van der Waals surface area contributed by atoms with Crippen molar-refractivity contribution < 1.29 is 32.8 Å². The van der Waals surface area contributed by atoms with Crippen LogP contribution >= 0.6 is 0 Å². The lowest BCUT2D eigenvalue weighted by molar-refractivity contribution is -0.384. The Hall–Kier alpha value is -4.62. The Morgan fingerprint density at radius 2 is 1.61 bits per heavy atom. The van der Waals surface area contributed by atoms with Gasteiger partial charge in [0.25, 0.3) is 5.69 Å². The zero-order chi connectivity index (χ0) is 40.8. The molecule has 2 aromatic carbocycles. The van der Waals surface area contributed by atoms with Crippen LogP contribution in [0.4, 0.5) is 11.6 Å². The van der Waals surface area contributed by atoms with E-state index >= 15 is 0 Å². The molecule has 3 heterocycles. The first kappa shape index (κ1) is 41.0. The number of nitrogens with zero attached hydrogens (tertiary/aromatic N) is 5. The fraction of sp³-hybridized carbons (Fsp3) is 0.475. The molecule has 1 aliphatic heterocycles. The normalized spacial score (nSPS) is 19.2. The van der Waals surface area contributed by atoms with Crippen molar-refractivity contribution in [2.75, 3.05) is 18.5 Å². The lowest BCUT2D eigenvalue weighted by atomic mass is 9.93. The summed E-state index contributed by atoms with van der Waals surface area (Å²) >= 11 is 0. The highest BCUT2D eigenvalue weighted by atomic mass is 28.4. The number of anilines is 1. The number of fused-ring (bicyclic) bond motifs is 2. The first-order valence-electron chi connectivity index (χ1n) is 18.9. The lowest BCUT2D eigenvalue weighted by Crippen LogP contribution is -2.48. The van der Waals surface area contributed by atoms with Gasteiger partial charge < -0.3 is 23.6 Å². The van der Waals surface area contributed by atoms with E-state index < -0.39 is 39.4 Å². The Labute approximate surface area is 329 Å². The van der Waals surface area contributed by atoms with Gasteiger partial charge in [-0.2, -0.15) is 9.97 Å². The van der Waals surface area contributed by atoms with Gasteiger partial charge in [-0.3, -0.25) is 24.3 Å². The highest BCUT2D eigenvalue weighted by molar-refractivity contribution is 6.74. The van der Waals surface area contributed by atoms with Crippen molar-refractivity contribution in [1.82, 2.24) is 19.5 Å². The van der Waals surface area contributed by atoms with Crippen LogP contribution in [-0.2, 0) is 24.8 Å². The number of non-ortho nitro benzene ring substituents is 1. The molecule has 0 bridgehead atoms. The fourth-order valence-electron chi connectivity index (χ4n) is 6.06. The van der Waals surface area contributed by atoms with Crippen LogP contribution in [0.5, 0.6) is 5.88 Å². The van der Waals surface area contributed by atoms with Gasteiger partial charge >= 0.3 is 0 Å². The highest BCUT2D eigenvalue weighted by Gasteiger charge is 2.47. The first-order valence-corrected chi connectivity index (χ1v) is 24.7. The van der Waals surface area contributed by atoms with Crippen LogP contribution < -0.4 is 10.1 Å². The van der Waals surface area contributed by atoms with E-state index in [9.17, 15) is 19.7 Å². The summed E-state index contributed by atoms with van der Waals surface area (Å²) in [5, 5.41) is 14.3. The van der Waals surface area contributed by atoms with Crippen LogP contribution in [-0.4, -0.2) is 78.1 Å². The number of allylic oxidation sites excluding steroid dienone is 1. The average molecular weight is 801 g/mol. The van der Waals surface area contributed by atoms with Crippen LogP contribution in [0, 0.1) is 10.1 Å². The van der Waals surface area contributed by atoms with E-state index in [0.717, 1.165) is 5.56 Å². The monoisotopic (exact) mass is 800 g/mol. The van der Waals surface area contributed by atoms with Gasteiger partial charge in [-0.05, 0) is 41.8 Å². The summed E-state index contributed by atoms with van der Waals surface area (Å²) in [4.78, 5) is 50.4. The molecule has 0 spiro atoms. The minimum Gasteiger partial charge on any atom is -0.476 e. The van der Waals surface area contributed by atoms with Crippen LogP contribution in [0.15, 0.2) is 60.9 Å². The average Bonchev–Trinajstić information content (AvgIpc) is 3.72. The largest absolute Gasteiger partial charge is 0.476 e. The zero-order valence-corrected chi connectivity index (χ0v) is 35.8. The van der Waals surface area contributed by atoms with Gasteiger partial charge in [0.1, 0.15) is 12.3 Å². The maximum atomic E-state index is 12.7. The van der Waals surface area contributed by atoms with Crippen LogP contribution in [0.25, 0.3) is 16.9 Å². The number of nitro groups is 1. The molecule has 6 rings (SSSR count). The number of ether oxygens (including phenoxy) is 2. The molecule has 1 aliphatic carbocycles. The number of nitrogens with one attached hydrogen (secondary N) is 1. The molecule has 4 aromatic rings. The summed E-state index contributed by atoms with van der Waals surface area (Å²) in [5.41, 5.74) is 2.88. The summed E-state index contributed by atoms with van der Waals surface area (Å²) < 4.78 is 28.7. The van der Waals surface area contributed by atoms with E-state index in [-0.39, 0.29) is 52.0 Å². The topological polar surface area (TPSA) is 170 Å². The number of aromatic nitrogens is 4. The lowest BCUT2D eigenvalue weighted by Gasteiger charge is -2.40. The molecule has 16 heteroatoms. The van der Waals surface area contributed by atoms with Gasteiger partial charge in [-0.25, -0.2) is 4.98 Å². The van der Waals surface area contributed by atoms with Crippen LogP contribution in [0.3, 0.4) is 0 Å². The van der Waals surface area contributed by atoms with Gasteiger partial charge in [0.05, 0.1) is 36.3 Å². The maximum absolute atomic E-state index is 12.7. The second-order valence-electron chi connectivity index (χ2n) is 17.5. The summed E-state index contributed by atoms with van der Waals surface area (Å²) in [6.45, 7) is 22.8. The van der Waals surface area contributed by atoms with Gasteiger partial charge in [-0.1, -0.05) is 77.9 Å². The third-order valence-electron chi connectivity index (χ3n) is 11.5. The number of ketones is 2. The molecule has 0 radical (unpaired) electrons. The standard InChI is InChI=1S/C40H52N6O8Si2/c1-39(2,3)55(7,8)52-23-32-31(54-56(9,10)40(4,5)6)22-33(53-32)45-24-41-34-36(45)43-38(42-29-21-30(47)35(48)28-14-12-11-13-27(28)29)44-37(34)51-20-19-25-15-17-26(18-16-25)46(49)50/h11-18,21,24,31-33H,19-20,22-23H2,1-10H3,(H,42,43,44)/t31-,32+,33+/m0/s1. The number of rotatable bonds is 13. The Balaban J connectivity index is 1.35. The van der Waals surface area contributed by atoms with E-state index in [1.807, 2.05) is 4.57 Å². The molecule has 14 nitrogen and oxygen atoms in total. The molecule has 2 aliphatic rings. The Morgan fingerprint density at radius 3 is 2.25 bits per heavy atom. The summed E-state index contributed by atoms with van der Waals surface area (Å²) in [7, 11) is -4.34. The van der Waals surface area contributed by atoms with Crippen molar-refractivity contribution in [3.63, 3.8) is 0 Å². The third-order valence-corrected chi connectivity index (χ3v) is 20.5. The molecular formula is C40H52N6O8Si2.